The van der Waals surface area contributed by atoms with Crippen LogP contribution in [0.15, 0.2) is 36.4 Å². The van der Waals surface area contributed by atoms with Gasteiger partial charge in [-0.2, -0.15) is 0 Å². The molecule has 2 nitrogen and oxygen atoms in total. The van der Waals surface area contributed by atoms with Gasteiger partial charge in [-0.1, -0.05) is 24.3 Å². The van der Waals surface area contributed by atoms with Crippen molar-refractivity contribution in [3.05, 3.63) is 42.0 Å². The van der Waals surface area contributed by atoms with E-state index in [1.54, 1.807) is 19.2 Å². The summed E-state index contributed by atoms with van der Waals surface area (Å²) >= 11 is 0. The Labute approximate surface area is 128 Å². The maximum absolute atomic E-state index is 12.1. The standard InChI is InChI=1S/C17H21F3O2/c1-21-12-2-3-13-4-6-14(7-5-13)15-8-10-16(11-9-15)22-17(18,19)20/h2-3,8-11,13-14H,4-7,12H2,1H3. The predicted octanol–water partition coefficient (Wildman–Crippen LogP) is 5.06. The van der Waals surface area contributed by atoms with Crippen LogP contribution in [0.2, 0.25) is 0 Å². The minimum Gasteiger partial charge on any atom is -0.406 e. The zero-order chi connectivity index (χ0) is 16.0. The molecular formula is C17H21F3O2. The van der Waals surface area contributed by atoms with Gasteiger partial charge < -0.3 is 9.47 Å². The zero-order valence-corrected chi connectivity index (χ0v) is 12.6. The minimum atomic E-state index is -4.63. The van der Waals surface area contributed by atoms with E-state index in [0.29, 0.717) is 18.4 Å². The highest BCUT2D eigenvalue weighted by atomic mass is 19.4. The molecule has 0 saturated heterocycles. The molecule has 0 heterocycles. The van der Waals surface area contributed by atoms with Crippen LogP contribution in [0.25, 0.3) is 0 Å². The van der Waals surface area contributed by atoms with Gasteiger partial charge in [0.2, 0.25) is 0 Å². The second-order valence-corrected chi connectivity index (χ2v) is 5.61. The smallest absolute Gasteiger partial charge is 0.406 e. The quantitative estimate of drug-likeness (QED) is 0.707. The first kappa shape index (κ1) is 16.9. The molecule has 0 unspecified atom stereocenters. The molecule has 0 aliphatic heterocycles. The van der Waals surface area contributed by atoms with Crippen molar-refractivity contribution < 1.29 is 22.6 Å². The maximum Gasteiger partial charge on any atom is 0.573 e. The lowest BCUT2D eigenvalue weighted by Crippen LogP contribution is -2.17. The van der Waals surface area contributed by atoms with Crippen LogP contribution in [0.3, 0.4) is 0 Å². The molecule has 22 heavy (non-hydrogen) atoms. The molecule has 1 aliphatic carbocycles. The van der Waals surface area contributed by atoms with Crippen molar-refractivity contribution in [2.75, 3.05) is 13.7 Å². The fourth-order valence-corrected chi connectivity index (χ4v) is 2.93. The molecule has 0 radical (unpaired) electrons. The molecule has 0 aromatic heterocycles. The van der Waals surface area contributed by atoms with Crippen molar-refractivity contribution >= 4 is 0 Å². The molecule has 5 heteroatoms. The van der Waals surface area contributed by atoms with Gasteiger partial charge >= 0.3 is 6.36 Å². The molecule has 0 N–H and O–H groups in total. The van der Waals surface area contributed by atoms with E-state index >= 15 is 0 Å². The number of methoxy groups -OCH3 is 1. The van der Waals surface area contributed by atoms with E-state index in [-0.39, 0.29) is 5.75 Å². The average molecular weight is 314 g/mol. The van der Waals surface area contributed by atoms with E-state index < -0.39 is 6.36 Å². The Kier molecular flexibility index (Phi) is 5.89. The van der Waals surface area contributed by atoms with Gasteiger partial charge in [-0.3, -0.25) is 0 Å². The third kappa shape index (κ3) is 5.37. The van der Waals surface area contributed by atoms with Crippen molar-refractivity contribution in [2.24, 2.45) is 5.92 Å². The van der Waals surface area contributed by atoms with Crippen LogP contribution in [0.1, 0.15) is 37.2 Å². The van der Waals surface area contributed by atoms with Crippen LogP contribution in [0.4, 0.5) is 13.2 Å². The number of allylic oxidation sites excluding steroid dienone is 1. The van der Waals surface area contributed by atoms with E-state index in [9.17, 15) is 13.2 Å². The highest BCUT2D eigenvalue weighted by Gasteiger charge is 2.31. The van der Waals surface area contributed by atoms with Crippen molar-refractivity contribution in [3.8, 4) is 5.75 Å². The van der Waals surface area contributed by atoms with Crippen LogP contribution >= 0.6 is 0 Å². The van der Waals surface area contributed by atoms with Crippen LogP contribution in [-0.2, 0) is 4.74 Å². The van der Waals surface area contributed by atoms with Crippen molar-refractivity contribution in [1.82, 2.24) is 0 Å². The van der Waals surface area contributed by atoms with Gasteiger partial charge in [-0.05, 0) is 55.2 Å². The fourth-order valence-electron chi connectivity index (χ4n) is 2.93. The molecule has 1 fully saturated rings. The molecule has 1 aromatic carbocycles. The second kappa shape index (κ2) is 7.68. The number of benzene rings is 1. The Morgan fingerprint density at radius 3 is 2.27 bits per heavy atom. The molecule has 0 spiro atoms. The highest BCUT2D eigenvalue weighted by Crippen LogP contribution is 2.37. The lowest BCUT2D eigenvalue weighted by atomic mass is 9.78. The fraction of sp³-hybridized carbons (Fsp3) is 0.529. The largest absolute Gasteiger partial charge is 0.573 e. The van der Waals surface area contributed by atoms with Crippen molar-refractivity contribution in [2.45, 2.75) is 38.0 Å². The van der Waals surface area contributed by atoms with Gasteiger partial charge in [0.05, 0.1) is 6.61 Å². The lowest BCUT2D eigenvalue weighted by molar-refractivity contribution is -0.274. The Morgan fingerprint density at radius 1 is 1.09 bits per heavy atom. The predicted molar refractivity (Wildman–Crippen MR) is 78.8 cm³/mol. The molecule has 0 amide bonds. The van der Waals surface area contributed by atoms with Gasteiger partial charge in [0.15, 0.2) is 0 Å². The van der Waals surface area contributed by atoms with Gasteiger partial charge in [0.1, 0.15) is 5.75 Å². The molecule has 1 saturated carbocycles. The number of halogens is 3. The van der Waals surface area contributed by atoms with E-state index in [2.05, 4.69) is 10.8 Å². The number of hydrogen-bond acceptors (Lipinski definition) is 2. The van der Waals surface area contributed by atoms with Gasteiger partial charge in [-0.25, -0.2) is 0 Å². The first-order chi connectivity index (χ1) is 10.5. The number of rotatable bonds is 5. The molecule has 0 atom stereocenters. The zero-order valence-electron chi connectivity index (χ0n) is 12.6. The number of hydrogen-bond donors (Lipinski definition) is 0. The summed E-state index contributed by atoms with van der Waals surface area (Å²) < 4.78 is 45.3. The minimum absolute atomic E-state index is 0.160. The highest BCUT2D eigenvalue weighted by molar-refractivity contribution is 5.30. The summed E-state index contributed by atoms with van der Waals surface area (Å²) in [5, 5.41) is 0. The summed E-state index contributed by atoms with van der Waals surface area (Å²) in [6.45, 7) is 0.639. The molecule has 2 rings (SSSR count). The Balaban J connectivity index is 1.86. The van der Waals surface area contributed by atoms with E-state index in [1.807, 2.05) is 6.08 Å². The lowest BCUT2D eigenvalue weighted by Gasteiger charge is -2.27. The normalized spacial score (nSPS) is 22.9. The Hall–Kier alpha value is -1.49. The average Bonchev–Trinajstić information content (AvgIpc) is 2.48. The number of alkyl halides is 3. The summed E-state index contributed by atoms with van der Waals surface area (Å²) in [5.74, 6) is 0.846. The maximum atomic E-state index is 12.1. The third-order valence-corrected chi connectivity index (χ3v) is 4.03. The summed E-state index contributed by atoms with van der Waals surface area (Å²) in [6, 6.07) is 6.28. The summed E-state index contributed by atoms with van der Waals surface area (Å²) in [5.41, 5.74) is 1.09. The number of ether oxygens (including phenoxy) is 2. The van der Waals surface area contributed by atoms with Gasteiger partial charge in [0.25, 0.3) is 0 Å². The molecule has 1 aliphatic rings. The van der Waals surface area contributed by atoms with E-state index in [0.717, 1.165) is 31.2 Å². The first-order valence-corrected chi connectivity index (χ1v) is 7.49. The second-order valence-electron chi connectivity index (χ2n) is 5.61. The van der Waals surface area contributed by atoms with Crippen molar-refractivity contribution in [3.63, 3.8) is 0 Å². The van der Waals surface area contributed by atoms with E-state index in [1.165, 1.54) is 12.1 Å². The summed E-state index contributed by atoms with van der Waals surface area (Å²) in [7, 11) is 1.67. The molecule has 0 bridgehead atoms. The van der Waals surface area contributed by atoms with E-state index in [4.69, 9.17) is 4.74 Å². The Morgan fingerprint density at radius 2 is 1.73 bits per heavy atom. The van der Waals surface area contributed by atoms with Crippen LogP contribution < -0.4 is 4.74 Å². The molecular weight excluding hydrogens is 293 g/mol. The third-order valence-electron chi connectivity index (χ3n) is 4.03. The molecule has 122 valence electrons. The SMILES string of the molecule is COCC=CC1CCC(c2ccc(OC(F)(F)F)cc2)CC1. The van der Waals surface area contributed by atoms with Crippen LogP contribution in [-0.4, -0.2) is 20.1 Å². The van der Waals surface area contributed by atoms with Gasteiger partial charge in [-0.15, -0.1) is 13.2 Å². The summed E-state index contributed by atoms with van der Waals surface area (Å²) in [4.78, 5) is 0. The summed E-state index contributed by atoms with van der Waals surface area (Å²) in [6.07, 6.45) is 3.95. The monoisotopic (exact) mass is 314 g/mol. The van der Waals surface area contributed by atoms with Crippen molar-refractivity contribution in [1.29, 1.82) is 0 Å². The van der Waals surface area contributed by atoms with Gasteiger partial charge in [0, 0.05) is 7.11 Å². The topological polar surface area (TPSA) is 18.5 Å². The molecule has 1 aromatic rings. The van der Waals surface area contributed by atoms with Crippen LogP contribution in [0, 0.1) is 5.92 Å². The van der Waals surface area contributed by atoms with Crippen LogP contribution in [0.5, 0.6) is 5.75 Å². The Bertz CT molecular complexity index is 472. The first-order valence-electron chi connectivity index (χ1n) is 7.49.